The van der Waals surface area contributed by atoms with E-state index < -0.39 is 0 Å². The number of esters is 1. The van der Waals surface area contributed by atoms with E-state index in [2.05, 4.69) is 19.9 Å². The molecular formula is C19H24O3. The lowest BCUT2D eigenvalue weighted by Crippen LogP contribution is -2.51. The Morgan fingerprint density at radius 1 is 1.27 bits per heavy atom. The molecule has 2 aliphatic carbocycles. The molecule has 3 heteroatoms. The van der Waals surface area contributed by atoms with Crippen LogP contribution in [-0.4, -0.2) is 18.9 Å². The van der Waals surface area contributed by atoms with Crippen molar-refractivity contribution in [2.75, 3.05) is 7.11 Å². The van der Waals surface area contributed by atoms with Crippen molar-refractivity contribution in [2.24, 2.45) is 11.3 Å². The molecule has 0 aliphatic heterocycles. The van der Waals surface area contributed by atoms with Gasteiger partial charge in [0.2, 0.25) is 0 Å². The van der Waals surface area contributed by atoms with Crippen LogP contribution in [0.2, 0.25) is 0 Å². The fourth-order valence-electron chi connectivity index (χ4n) is 4.90. The van der Waals surface area contributed by atoms with Gasteiger partial charge in [-0.2, -0.15) is 0 Å². The molecule has 1 saturated carbocycles. The van der Waals surface area contributed by atoms with Crippen molar-refractivity contribution in [3.8, 4) is 0 Å². The molecule has 1 aromatic carbocycles. The zero-order valence-corrected chi connectivity index (χ0v) is 13.6. The summed E-state index contributed by atoms with van der Waals surface area (Å²) in [6.45, 7) is 4.44. The van der Waals surface area contributed by atoms with E-state index in [9.17, 15) is 9.59 Å². The fraction of sp³-hybridized carbons (Fsp3) is 0.579. The number of hydrogen-bond donors (Lipinski definition) is 0. The van der Waals surface area contributed by atoms with E-state index in [1.807, 2.05) is 18.2 Å². The minimum absolute atomic E-state index is 0.0223. The van der Waals surface area contributed by atoms with Crippen molar-refractivity contribution in [2.45, 2.75) is 51.4 Å². The van der Waals surface area contributed by atoms with Crippen LogP contribution < -0.4 is 0 Å². The number of hydrogen-bond acceptors (Lipinski definition) is 3. The molecule has 1 aromatic rings. The van der Waals surface area contributed by atoms with Crippen molar-refractivity contribution in [3.05, 3.63) is 35.4 Å². The van der Waals surface area contributed by atoms with Crippen LogP contribution in [0, 0.1) is 11.3 Å². The summed E-state index contributed by atoms with van der Waals surface area (Å²) >= 11 is 0. The summed E-state index contributed by atoms with van der Waals surface area (Å²) in [5, 5.41) is 0. The van der Waals surface area contributed by atoms with Crippen molar-refractivity contribution < 1.29 is 14.3 Å². The average Bonchev–Trinajstić information content (AvgIpc) is 2.50. The molecular weight excluding hydrogens is 276 g/mol. The number of ketones is 1. The molecule has 0 aromatic heterocycles. The number of carbonyl (C=O) groups excluding carboxylic acids is 2. The van der Waals surface area contributed by atoms with Gasteiger partial charge in [0.05, 0.1) is 13.5 Å². The second-order valence-electron chi connectivity index (χ2n) is 7.40. The summed E-state index contributed by atoms with van der Waals surface area (Å²) in [4.78, 5) is 24.5. The number of Topliss-reactive ketones (excluding diaryl/α,β-unsaturated/α-hetero) is 1. The number of rotatable bonds is 2. The first-order valence-electron chi connectivity index (χ1n) is 8.10. The first-order chi connectivity index (χ1) is 10.4. The summed E-state index contributed by atoms with van der Waals surface area (Å²) in [6, 6.07) is 8.01. The van der Waals surface area contributed by atoms with Crippen LogP contribution in [0.25, 0.3) is 0 Å². The van der Waals surface area contributed by atoms with E-state index in [0.29, 0.717) is 12.8 Å². The molecule has 22 heavy (non-hydrogen) atoms. The van der Waals surface area contributed by atoms with Crippen LogP contribution >= 0.6 is 0 Å². The van der Waals surface area contributed by atoms with Crippen LogP contribution in [-0.2, 0) is 14.9 Å². The van der Waals surface area contributed by atoms with Gasteiger partial charge in [-0.05, 0) is 35.2 Å². The number of ether oxygens (including phenoxy) is 1. The van der Waals surface area contributed by atoms with E-state index in [0.717, 1.165) is 24.8 Å². The molecule has 0 amide bonds. The molecule has 3 rings (SSSR count). The van der Waals surface area contributed by atoms with Crippen molar-refractivity contribution in [1.82, 2.24) is 0 Å². The van der Waals surface area contributed by atoms with Gasteiger partial charge >= 0.3 is 5.97 Å². The number of methoxy groups -OCH3 is 1. The first kappa shape index (κ1) is 15.3. The molecule has 0 saturated heterocycles. The molecule has 0 N–H and O–H groups in total. The third kappa shape index (κ3) is 2.18. The summed E-state index contributed by atoms with van der Waals surface area (Å²) in [5.41, 5.74) is 1.87. The van der Waals surface area contributed by atoms with E-state index in [1.165, 1.54) is 12.7 Å². The summed E-state index contributed by atoms with van der Waals surface area (Å²) < 4.78 is 4.90. The SMILES string of the molecule is COC(=O)C[C@]1(C)CCC[C@]2(C)c3ccccc3C(=O)C[C@@H]12. The molecule has 1 fully saturated rings. The predicted octanol–water partition coefficient (Wildman–Crippen LogP) is 3.90. The highest BCUT2D eigenvalue weighted by molar-refractivity contribution is 5.99. The second kappa shape index (κ2) is 5.22. The second-order valence-corrected chi connectivity index (χ2v) is 7.40. The van der Waals surface area contributed by atoms with Gasteiger partial charge < -0.3 is 4.74 Å². The molecule has 0 unspecified atom stereocenters. The molecule has 3 atom stereocenters. The predicted molar refractivity (Wildman–Crippen MR) is 84.8 cm³/mol. The molecule has 0 heterocycles. The molecule has 2 aliphatic rings. The van der Waals surface area contributed by atoms with E-state index in [-0.39, 0.29) is 28.5 Å². The van der Waals surface area contributed by atoms with Crippen molar-refractivity contribution >= 4 is 11.8 Å². The first-order valence-corrected chi connectivity index (χ1v) is 8.10. The Balaban J connectivity index is 2.06. The van der Waals surface area contributed by atoms with Gasteiger partial charge in [-0.15, -0.1) is 0 Å². The summed E-state index contributed by atoms with van der Waals surface area (Å²) in [7, 11) is 1.44. The van der Waals surface area contributed by atoms with Gasteiger partial charge in [0.25, 0.3) is 0 Å². The number of benzene rings is 1. The fourth-order valence-corrected chi connectivity index (χ4v) is 4.90. The standard InChI is InChI=1S/C19H24O3/c1-18(12-17(21)22-3)9-6-10-19(2)14-8-5-4-7-13(14)15(20)11-16(18)19/h4-5,7-8,16H,6,9-12H2,1-3H3/t16-,18-,19+/m0/s1. The molecule has 0 radical (unpaired) electrons. The van der Waals surface area contributed by atoms with Crippen LogP contribution in [0.3, 0.4) is 0 Å². The Labute approximate surface area is 132 Å². The van der Waals surface area contributed by atoms with Gasteiger partial charge in [-0.1, -0.05) is 44.5 Å². The maximum atomic E-state index is 12.6. The summed E-state index contributed by atoms with van der Waals surface area (Å²) in [5.74, 6) is 0.254. The van der Waals surface area contributed by atoms with Gasteiger partial charge in [0.15, 0.2) is 5.78 Å². The molecule has 0 bridgehead atoms. The maximum Gasteiger partial charge on any atom is 0.306 e. The Morgan fingerprint density at radius 3 is 2.73 bits per heavy atom. The zero-order valence-electron chi connectivity index (χ0n) is 13.6. The monoisotopic (exact) mass is 300 g/mol. The van der Waals surface area contributed by atoms with E-state index in [1.54, 1.807) is 0 Å². The quantitative estimate of drug-likeness (QED) is 0.778. The minimum Gasteiger partial charge on any atom is -0.469 e. The maximum absolute atomic E-state index is 12.6. The Hall–Kier alpha value is -1.64. The third-order valence-corrected chi connectivity index (χ3v) is 6.06. The van der Waals surface area contributed by atoms with Gasteiger partial charge in [0, 0.05) is 12.0 Å². The van der Waals surface area contributed by atoms with Crippen LogP contribution in [0.15, 0.2) is 24.3 Å². The highest BCUT2D eigenvalue weighted by Crippen LogP contribution is 2.58. The number of carbonyl (C=O) groups is 2. The minimum atomic E-state index is -0.168. The lowest BCUT2D eigenvalue weighted by molar-refractivity contribution is -0.145. The van der Waals surface area contributed by atoms with Crippen molar-refractivity contribution in [3.63, 3.8) is 0 Å². The Bertz CT molecular complexity index is 621. The highest BCUT2D eigenvalue weighted by atomic mass is 16.5. The lowest BCUT2D eigenvalue weighted by atomic mass is 9.49. The van der Waals surface area contributed by atoms with Gasteiger partial charge in [-0.25, -0.2) is 0 Å². The molecule has 118 valence electrons. The largest absolute Gasteiger partial charge is 0.469 e. The number of fused-ring (bicyclic) bond motifs is 3. The highest BCUT2D eigenvalue weighted by Gasteiger charge is 2.54. The van der Waals surface area contributed by atoms with E-state index >= 15 is 0 Å². The third-order valence-electron chi connectivity index (χ3n) is 6.06. The lowest BCUT2D eigenvalue weighted by Gasteiger charge is -2.54. The Morgan fingerprint density at radius 2 is 2.00 bits per heavy atom. The summed E-state index contributed by atoms with van der Waals surface area (Å²) in [6.07, 6.45) is 4.10. The molecule has 3 nitrogen and oxygen atoms in total. The van der Waals surface area contributed by atoms with Gasteiger partial charge in [0.1, 0.15) is 0 Å². The molecule has 0 spiro atoms. The smallest absolute Gasteiger partial charge is 0.306 e. The Kier molecular flexibility index (Phi) is 3.62. The van der Waals surface area contributed by atoms with Crippen molar-refractivity contribution in [1.29, 1.82) is 0 Å². The average molecular weight is 300 g/mol. The van der Waals surface area contributed by atoms with E-state index in [4.69, 9.17) is 4.74 Å². The van der Waals surface area contributed by atoms with Crippen LogP contribution in [0.5, 0.6) is 0 Å². The van der Waals surface area contributed by atoms with Gasteiger partial charge in [-0.3, -0.25) is 9.59 Å². The van der Waals surface area contributed by atoms with Crippen LogP contribution in [0.4, 0.5) is 0 Å². The zero-order chi connectivity index (χ0) is 16.0. The van der Waals surface area contributed by atoms with Crippen LogP contribution in [0.1, 0.15) is 61.9 Å². The normalized spacial score (nSPS) is 33.8. The topological polar surface area (TPSA) is 43.4 Å².